The first-order valence-electron chi connectivity index (χ1n) is 4.27. The molecule has 0 aliphatic carbocycles. The van der Waals surface area contributed by atoms with Gasteiger partial charge < -0.3 is 5.11 Å². The highest BCUT2D eigenvalue weighted by molar-refractivity contribution is 6.31. The maximum Gasteiger partial charge on any atom is 0.322 e. The average molecular weight is 249 g/mol. The van der Waals surface area contributed by atoms with Crippen LogP contribution in [-0.4, -0.2) is 22.2 Å². The SMILES string of the molecule is O=C(C[C@H](Cl)C(=O)O)c1ccc(F)c(F)c1. The average Bonchev–Trinajstić information content (AvgIpc) is 2.21. The van der Waals surface area contributed by atoms with E-state index >= 15 is 0 Å². The van der Waals surface area contributed by atoms with Gasteiger partial charge in [0.2, 0.25) is 0 Å². The molecule has 1 aromatic carbocycles. The largest absolute Gasteiger partial charge is 0.480 e. The zero-order valence-electron chi connectivity index (χ0n) is 7.91. The summed E-state index contributed by atoms with van der Waals surface area (Å²) in [5, 5.41) is 7.08. The third kappa shape index (κ3) is 3.00. The van der Waals surface area contributed by atoms with Gasteiger partial charge in [0.05, 0.1) is 0 Å². The maximum absolute atomic E-state index is 12.8. The van der Waals surface area contributed by atoms with E-state index in [9.17, 15) is 18.4 Å². The van der Waals surface area contributed by atoms with Crippen molar-refractivity contribution < 1.29 is 23.5 Å². The third-order valence-corrected chi connectivity index (χ3v) is 2.22. The molecule has 1 N–H and O–H groups in total. The van der Waals surface area contributed by atoms with Crippen LogP contribution in [-0.2, 0) is 4.79 Å². The van der Waals surface area contributed by atoms with Crippen molar-refractivity contribution in [2.45, 2.75) is 11.8 Å². The van der Waals surface area contributed by atoms with E-state index in [0.29, 0.717) is 6.07 Å². The summed E-state index contributed by atoms with van der Waals surface area (Å²) in [7, 11) is 0. The lowest BCUT2D eigenvalue weighted by Gasteiger charge is -2.03. The molecule has 0 saturated carbocycles. The zero-order chi connectivity index (χ0) is 12.3. The summed E-state index contributed by atoms with van der Waals surface area (Å²) in [6.07, 6.45) is -0.470. The Morgan fingerprint density at radius 3 is 2.44 bits per heavy atom. The Morgan fingerprint density at radius 1 is 1.31 bits per heavy atom. The van der Waals surface area contributed by atoms with Crippen molar-refractivity contribution in [3.05, 3.63) is 35.4 Å². The Kier molecular flexibility index (Phi) is 3.95. The normalized spacial score (nSPS) is 12.2. The smallest absolute Gasteiger partial charge is 0.322 e. The third-order valence-electron chi connectivity index (χ3n) is 1.87. The summed E-state index contributed by atoms with van der Waals surface area (Å²) in [6, 6.07) is 2.59. The fraction of sp³-hybridized carbons (Fsp3) is 0.200. The number of ketones is 1. The van der Waals surface area contributed by atoms with Crippen LogP contribution in [0.3, 0.4) is 0 Å². The molecule has 1 atom stereocenters. The van der Waals surface area contributed by atoms with E-state index in [1.54, 1.807) is 0 Å². The molecule has 0 radical (unpaired) electrons. The van der Waals surface area contributed by atoms with Crippen LogP contribution >= 0.6 is 11.6 Å². The molecule has 6 heteroatoms. The molecule has 86 valence electrons. The molecule has 0 saturated heterocycles. The second-order valence-electron chi connectivity index (χ2n) is 3.06. The minimum Gasteiger partial charge on any atom is -0.480 e. The van der Waals surface area contributed by atoms with Crippen molar-refractivity contribution in [1.29, 1.82) is 0 Å². The maximum atomic E-state index is 12.8. The highest BCUT2D eigenvalue weighted by Crippen LogP contribution is 2.13. The van der Waals surface area contributed by atoms with Gasteiger partial charge >= 0.3 is 5.97 Å². The van der Waals surface area contributed by atoms with Crippen LogP contribution in [0.25, 0.3) is 0 Å². The quantitative estimate of drug-likeness (QED) is 0.657. The molecule has 0 aromatic heterocycles. The van der Waals surface area contributed by atoms with Gasteiger partial charge in [-0.3, -0.25) is 9.59 Å². The Bertz CT molecular complexity index is 434. The summed E-state index contributed by atoms with van der Waals surface area (Å²) in [5.41, 5.74) is -0.106. The molecular weight excluding hydrogens is 242 g/mol. The molecule has 0 fully saturated rings. The molecule has 0 amide bonds. The molecule has 1 rings (SSSR count). The molecular formula is C10H7ClF2O3. The molecule has 1 aromatic rings. The van der Waals surface area contributed by atoms with Gasteiger partial charge in [-0.05, 0) is 18.2 Å². The van der Waals surface area contributed by atoms with Crippen LogP contribution in [0.1, 0.15) is 16.8 Å². The summed E-state index contributed by atoms with van der Waals surface area (Å²) in [5.74, 6) is -4.22. The molecule has 0 aliphatic rings. The van der Waals surface area contributed by atoms with Gasteiger partial charge in [-0.25, -0.2) is 8.78 Å². The number of rotatable bonds is 4. The van der Waals surface area contributed by atoms with Gasteiger partial charge in [-0.1, -0.05) is 0 Å². The first kappa shape index (κ1) is 12.6. The molecule has 0 heterocycles. The second kappa shape index (κ2) is 5.03. The van der Waals surface area contributed by atoms with E-state index in [1.807, 2.05) is 0 Å². The Labute approximate surface area is 94.6 Å². The Morgan fingerprint density at radius 2 is 1.94 bits per heavy atom. The van der Waals surface area contributed by atoms with E-state index in [1.165, 1.54) is 0 Å². The van der Waals surface area contributed by atoms with E-state index < -0.39 is 35.2 Å². The number of aliphatic carboxylic acids is 1. The zero-order valence-corrected chi connectivity index (χ0v) is 8.67. The lowest BCUT2D eigenvalue weighted by molar-refractivity contribution is -0.136. The summed E-state index contributed by atoms with van der Waals surface area (Å²) in [6.45, 7) is 0. The highest BCUT2D eigenvalue weighted by Gasteiger charge is 2.19. The summed E-state index contributed by atoms with van der Waals surface area (Å²) in [4.78, 5) is 21.8. The van der Waals surface area contributed by atoms with Crippen LogP contribution in [0, 0.1) is 11.6 Å². The summed E-state index contributed by atoms with van der Waals surface area (Å²) < 4.78 is 25.3. The minimum absolute atomic E-state index is 0.106. The summed E-state index contributed by atoms with van der Waals surface area (Å²) >= 11 is 5.34. The molecule has 3 nitrogen and oxygen atoms in total. The number of alkyl halides is 1. The van der Waals surface area contributed by atoms with Crippen molar-refractivity contribution in [3.63, 3.8) is 0 Å². The van der Waals surface area contributed by atoms with E-state index in [4.69, 9.17) is 16.7 Å². The van der Waals surface area contributed by atoms with E-state index in [2.05, 4.69) is 0 Å². The molecule has 0 bridgehead atoms. The van der Waals surface area contributed by atoms with Crippen LogP contribution in [0.4, 0.5) is 8.78 Å². The molecule has 0 aliphatic heterocycles. The van der Waals surface area contributed by atoms with Crippen molar-refractivity contribution in [3.8, 4) is 0 Å². The van der Waals surface area contributed by atoms with Crippen LogP contribution in [0.2, 0.25) is 0 Å². The minimum atomic E-state index is -1.37. The van der Waals surface area contributed by atoms with Crippen LogP contribution < -0.4 is 0 Å². The predicted octanol–water partition coefficient (Wildman–Crippen LogP) is 2.23. The molecule has 0 unspecified atom stereocenters. The molecule has 16 heavy (non-hydrogen) atoms. The van der Waals surface area contributed by atoms with Gasteiger partial charge in [0.25, 0.3) is 0 Å². The highest BCUT2D eigenvalue weighted by atomic mass is 35.5. The van der Waals surface area contributed by atoms with E-state index in [0.717, 1.165) is 12.1 Å². The number of carboxylic acid groups (broad SMARTS) is 1. The fourth-order valence-corrected chi connectivity index (χ4v) is 1.18. The van der Waals surface area contributed by atoms with Crippen molar-refractivity contribution >= 4 is 23.4 Å². The Hall–Kier alpha value is -1.49. The van der Waals surface area contributed by atoms with Gasteiger partial charge in [-0.2, -0.15) is 0 Å². The van der Waals surface area contributed by atoms with Gasteiger partial charge in [0, 0.05) is 12.0 Å². The standard InChI is InChI=1S/C10H7ClF2O3/c11-6(10(15)16)4-9(14)5-1-2-7(12)8(13)3-5/h1-3,6H,4H2,(H,15,16)/t6-/m0/s1. The number of carbonyl (C=O) groups is 2. The number of hydrogen-bond donors (Lipinski definition) is 1. The van der Waals surface area contributed by atoms with Gasteiger partial charge in [-0.15, -0.1) is 11.6 Å². The van der Waals surface area contributed by atoms with Crippen molar-refractivity contribution in [2.24, 2.45) is 0 Å². The van der Waals surface area contributed by atoms with Crippen LogP contribution in [0.5, 0.6) is 0 Å². The first-order valence-corrected chi connectivity index (χ1v) is 4.70. The molecule has 0 spiro atoms. The lowest BCUT2D eigenvalue weighted by atomic mass is 10.1. The van der Waals surface area contributed by atoms with Gasteiger partial charge in [0.1, 0.15) is 5.38 Å². The number of carboxylic acids is 1. The number of carbonyl (C=O) groups excluding carboxylic acids is 1. The topological polar surface area (TPSA) is 54.4 Å². The number of hydrogen-bond acceptors (Lipinski definition) is 2. The van der Waals surface area contributed by atoms with Crippen molar-refractivity contribution in [1.82, 2.24) is 0 Å². The lowest BCUT2D eigenvalue weighted by Crippen LogP contribution is -2.18. The first-order chi connectivity index (χ1) is 7.41. The van der Waals surface area contributed by atoms with Gasteiger partial charge in [0.15, 0.2) is 17.4 Å². The second-order valence-corrected chi connectivity index (χ2v) is 3.59. The predicted molar refractivity (Wildman–Crippen MR) is 52.6 cm³/mol. The number of halogens is 3. The Balaban J connectivity index is 2.81. The van der Waals surface area contributed by atoms with Crippen LogP contribution in [0.15, 0.2) is 18.2 Å². The monoisotopic (exact) mass is 248 g/mol. The van der Waals surface area contributed by atoms with Crippen molar-refractivity contribution in [2.75, 3.05) is 0 Å². The number of Topliss-reactive ketones (excluding diaryl/α,β-unsaturated/α-hetero) is 1. The van der Waals surface area contributed by atoms with E-state index in [-0.39, 0.29) is 5.56 Å². The number of benzene rings is 1. The fourth-order valence-electron chi connectivity index (χ4n) is 1.04.